The highest BCUT2D eigenvalue weighted by molar-refractivity contribution is 8.55. The Balaban J connectivity index is 1.63. The molecule has 0 aliphatic carbocycles. The molecule has 3 rings (SSSR count). The molecule has 1 aromatic heterocycles. The Morgan fingerprint density at radius 2 is 2.04 bits per heavy atom. The predicted molar refractivity (Wildman–Crippen MR) is 116 cm³/mol. The lowest BCUT2D eigenvalue weighted by Crippen LogP contribution is -2.19. The summed E-state index contributed by atoms with van der Waals surface area (Å²) in [7, 11) is 0. The van der Waals surface area contributed by atoms with Gasteiger partial charge < -0.3 is 9.05 Å². The number of benzene rings is 1. The third kappa shape index (κ3) is 6.02. The van der Waals surface area contributed by atoms with Crippen molar-refractivity contribution in [3.8, 4) is 11.4 Å². The van der Waals surface area contributed by atoms with Crippen molar-refractivity contribution in [2.75, 3.05) is 18.1 Å². The summed E-state index contributed by atoms with van der Waals surface area (Å²) in [5.41, 5.74) is 2.24. The van der Waals surface area contributed by atoms with Crippen molar-refractivity contribution >= 4 is 41.6 Å². The Labute approximate surface area is 172 Å². The van der Waals surface area contributed by atoms with Gasteiger partial charge in [0.25, 0.3) is 0 Å². The van der Waals surface area contributed by atoms with Gasteiger partial charge in [-0.2, -0.15) is 4.98 Å². The molecule has 1 aliphatic heterocycles. The first-order chi connectivity index (χ1) is 13.0. The van der Waals surface area contributed by atoms with Crippen LogP contribution in [0.25, 0.3) is 11.4 Å². The van der Waals surface area contributed by atoms with E-state index in [-0.39, 0.29) is 6.04 Å². The van der Waals surface area contributed by atoms with Crippen LogP contribution in [-0.4, -0.2) is 34.3 Å². The zero-order valence-electron chi connectivity index (χ0n) is 15.6. The van der Waals surface area contributed by atoms with Crippen molar-refractivity contribution in [3.63, 3.8) is 0 Å². The van der Waals surface area contributed by atoms with E-state index in [0.29, 0.717) is 28.7 Å². The van der Waals surface area contributed by atoms with Crippen molar-refractivity contribution in [1.82, 2.24) is 15.2 Å². The number of hydrogen-bond donors (Lipinski definition) is 1. The van der Waals surface area contributed by atoms with E-state index in [1.54, 1.807) is 0 Å². The van der Waals surface area contributed by atoms with Gasteiger partial charge >= 0.3 is 6.72 Å². The molecular formula is C17H24N3O3PS3. The molecule has 1 aromatic carbocycles. The number of thioether (sulfide) groups is 2. The van der Waals surface area contributed by atoms with Crippen LogP contribution in [0, 0.1) is 0 Å². The maximum Gasteiger partial charge on any atom is 0.327 e. The Morgan fingerprint density at radius 3 is 2.67 bits per heavy atom. The molecule has 1 N–H and O–H groups in total. The summed E-state index contributed by atoms with van der Waals surface area (Å²) < 4.78 is 24.1. The van der Waals surface area contributed by atoms with Crippen molar-refractivity contribution in [1.29, 1.82) is 0 Å². The molecule has 1 aliphatic rings. The molecule has 0 spiro atoms. The smallest absolute Gasteiger partial charge is 0.327 e. The van der Waals surface area contributed by atoms with Crippen molar-refractivity contribution in [2.45, 2.75) is 37.1 Å². The second kappa shape index (κ2) is 9.85. The molecule has 0 amide bonds. The van der Waals surface area contributed by atoms with Crippen molar-refractivity contribution in [3.05, 3.63) is 35.7 Å². The summed E-state index contributed by atoms with van der Waals surface area (Å²) in [6, 6.07) is 8.38. The average molecular weight is 446 g/mol. The van der Waals surface area contributed by atoms with Crippen LogP contribution in [0.2, 0.25) is 0 Å². The second-order valence-electron chi connectivity index (χ2n) is 6.18. The zero-order valence-corrected chi connectivity index (χ0v) is 18.9. The van der Waals surface area contributed by atoms with Gasteiger partial charge in [-0.25, -0.2) is 5.09 Å². The first kappa shape index (κ1) is 21.3. The van der Waals surface area contributed by atoms with Crippen LogP contribution in [0.15, 0.2) is 28.8 Å². The molecule has 2 heterocycles. The number of hydrogen-bond acceptors (Lipinski definition) is 8. The molecular weight excluding hydrogens is 421 g/mol. The summed E-state index contributed by atoms with van der Waals surface area (Å²) in [5.74, 6) is 3.73. The SMILES string of the molecule is CCO[P@](=O)(NC(C)C)SCc1nc(-c2ccc(C3SCCS3)cc2)no1. The largest absolute Gasteiger partial charge is 0.338 e. The Hall–Kier alpha value is -0.440. The van der Waals surface area contributed by atoms with E-state index in [1.807, 2.05) is 56.4 Å². The highest BCUT2D eigenvalue weighted by atomic mass is 32.7. The lowest BCUT2D eigenvalue weighted by Gasteiger charge is -2.19. The molecule has 0 saturated carbocycles. The number of rotatable bonds is 9. The summed E-state index contributed by atoms with van der Waals surface area (Å²) >= 11 is 5.15. The average Bonchev–Trinajstić information content (AvgIpc) is 3.32. The fourth-order valence-electron chi connectivity index (χ4n) is 2.51. The highest BCUT2D eigenvalue weighted by Crippen LogP contribution is 2.57. The van der Waals surface area contributed by atoms with Crippen molar-refractivity contribution < 1.29 is 13.6 Å². The lowest BCUT2D eigenvalue weighted by atomic mass is 10.1. The summed E-state index contributed by atoms with van der Waals surface area (Å²) in [6.07, 6.45) is 0. The standard InChI is InChI=1S/C17H24N3O3PS3/c1-4-22-24(21,20-12(2)3)27-11-15-18-16(19-23-15)13-5-7-14(8-6-13)17-25-9-10-26-17/h5-8,12,17H,4,9-11H2,1-3H3,(H,20,21)/t24-/m1/s1. The van der Waals surface area contributed by atoms with Crippen LogP contribution in [0.3, 0.4) is 0 Å². The fourth-order valence-corrected chi connectivity index (χ4v) is 9.20. The molecule has 148 valence electrons. The van der Waals surface area contributed by atoms with E-state index in [4.69, 9.17) is 9.05 Å². The molecule has 1 atom stereocenters. The van der Waals surface area contributed by atoms with Crippen LogP contribution >= 0.6 is 41.6 Å². The number of nitrogens with one attached hydrogen (secondary N) is 1. The van der Waals surface area contributed by atoms with Crippen LogP contribution in [0.4, 0.5) is 0 Å². The molecule has 0 radical (unpaired) electrons. The minimum absolute atomic E-state index is 0.0582. The lowest BCUT2D eigenvalue weighted by molar-refractivity contribution is 0.335. The normalized spacial score (nSPS) is 17.5. The van der Waals surface area contributed by atoms with Gasteiger partial charge in [-0.3, -0.25) is 4.57 Å². The molecule has 10 heteroatoms. The van der Waals surface area contributed by atoms with Gasteiger partial charge in [0, 0.05) is 23.1 Å². The molecule has 1 fully saturated rings. The minimum atomic E-state index is -2.99. The fraction of sp³-hybridized carbons (Fsp3) is 0.529. The second-order valence-corrected chi connectivity index (χ2v) is 13.2. The molecule has 6 nitrogen and oxygen atoms in total. The van der Waals surface area contributed by atoms with Gasteiger partial charge in [-0.05, 0) is 37.7 Å². The molecule has 1 saturated heterocycles. The summed E-state index contributed by atoms with van der Waals surface area (Å²) in [6.45, 7) is 3.08. The highest BCUT2D eigenvalue weighted by Gasteiger charge is 2.26. The van der Waals surface area contributed by atoms with E-state index in [9.17, 15) is 4.57 Å². The van der Waals surface area contributed by atoms with Crippen LogP contribution < -0.4 is 5.09 Å². The summed E-state index contributed by atoms with van der Waals surface area (Å²) in [5, 5.41) is 7.06. The molecule has 2 aromatic rings. The molecule has 0 unspecified atom stereocenters. The van der Waals surface area contributed by atoms with Gasteiger partial charge in [0.1, 0.15) is 0 Å². The topological polar surface area (TPSA) is 77.2 Å². The summed E-state index contributed by atoms with van der Waals surface area (Å²) in [4.78, 5) is 4.44. The van der Waals surface area contributed by atoms with Gasteiger partial charge in [0.05, 0.1) is 16.9 Å². The third-order valence-electron chi connectivity index (χ3n) is 3.60. The van der Waals surface area contributed by atoms with Gasteiger partial charge in [-0.1, -0.05) is 29.4 Å². The van der Waals surface area contributed by atoms with Crippen LogP contribution in [-0.2, 0) is 14.8 Å². The number of nitrogens with zero attached hydrogens (tertiary/aromatic N) is 2. The van der Waals surface area contributed by atoms with E-state index < -0.39 is 6.72 Å². The molecule has 0 bridgehead atoms. The Kier molecular flexibility index (Phi) is 7.76. The van der Waals surface area contributed by atoms with Crippen LogP contribution in [0.1, 0.15) is 36.8 Å². The van der Waals surface area contributed by atoms with Gasteiger partial charge in [0.15, 0.2) is 0 Å². The van der Waals surface area contributed by atoms with Gasteiger partial charge in [-0.15, -0.1) is 23.5 Å². The molecule has 27 heavy (non-hydrogen) atoms. The first-order valence-electron chi connectivity index (χ1n) is 8.82. The monoisotopic (exact) mass is 445 g/mol. The third-order valence-corrected chi connectivity index (χ3v) is 10.9. The first-order valence-corrected chi connectivity index (χ1v) is 14.1. The maximum atomic E-state index is 12.8. The zero-order chi connectivity index (χ0) is 19.3. The van der Waals surface area contributed by atoms with E-state index in [2.05, 4.69) is 27.4 Å². The Morgan fingerprint density at radius 1 is 1.33 bits per heavy atom. The van der Waals surface area contributed by atoms with E-state index in [1.165, 1.54) is 28.5 Å². The van der Waals surface area contributed by atoms with E-state index >= 15 is 0 Å². The minimum Gasteiger partial charge on any atom is -0.338 e. The number of aromatic nitrogens is 2. The maximum absolute atomic E-state index is 12.8. The quantitative estimate of drug-likeness (QED) is 0.497. The van der Waals surface area contributed by atoms with Crippen LogP contribution in [0.5, 0.6) is 0 Å². The predicted octanol–water partition coefficient (Wildman–Crippen LogP) is 5.59. The van der Waals surface area contributed by atoms with E-state index in [0.717, 1.165) is 5.56 Å². The van der Waals surface area contributed by atoms with Crippen molar-refractivity contribution in [2.24, 2.45) is 0 Å². The van der Waals surface area contributed by atoms with Gasteiger partial charge in [0.2, 0.25) is 11.7 Å². The Bertz CT molecular complexity index is 779.